The number of aryl methyl sites for hydroxylation is 1. The van der Waals surface area contributed by atoms with Crippen molar-refractivity contribution >= 4 is 22.5 Å². The third kappa shape index (κ3) is 3.87. The van der Waals surface area contributed by atoms with E-state index in [2.05, 4.69) is 20.4 Å². The van der Waals surface area contributed by atoms with Crippen LogP contribution in [0.15, 0.2) is 36.8 Å². The Balaban J connectivity index is 1.67. The molecule has 0 amide bonds. The number of rotatable bonds is 8. The molecule has 1 N–H and O–H groups in total. The molecule has 0 fully saturated rings. The van der Waals surface area contributed by atoms with Gasteiger partial charge in [0.15, 0.2) is 5.65 Å². The van der Waals surface area contributed by atoms with Gasteiger partial charge >= 0.3 is 0 Å². The minimum absolute atomic E-state index is 0.550. The van der Waals surface area contributed by atoms with E-state index in [0.717, 1.165) is 28.1 Å². The van der Waals surface area contributed by atoms with E-state index in [9.17, 15) is 0 Å². The van der Waals surface area contributed by atoms with Crippen LogP contribution in [0.25, 0.3) is 11.0 Å². The van der Waals surface area contributed by atoms with E-state index in [0.29, 0.717) is 26.4 Å². The van der Waals surface area contributed by atoms with Gasteiger partial charge in [0, 0.05) is 19.3 Å². The number of hydrogen-bond acceptors (Lipinski definition) is 6. The Hall–Kier alpha value is -2.51. The van der Waals surface area contributed by atoms with Crippen LogP contribution in [-0.2, 0) is 23.1 Å². The zero-order valence-corrected chi connectivity index (χ0v) is 13.9. The first-order chi connectivity index (χ1) is 11.8. The highest BCUT2D eigenvalue weighted by atomic mass is 16.5. The first-order valence-electron chi connectivity index (χ1n) is 7.92. The van der Waals surface area contributed by atoms with E-state index in [1.807, 2.05) is 38.2 Å². The van der Waals surface area contributed by atoms with Gasteiger partial charge in [-0.1, -0.05) is 12.1 Å². The predicted molar refractivity (Wildman–Crippen MR) is 92.2 cm³/mol. The highest BCUT2D eigenvalue weighted by Gasteiger charge is 2.08. The largest absolute Gasteiger partial charge is 0.379 e. The maximum Gasteiger partial charge on any atom is 0.163 e. The number of ether oxygens (including phenoxy) is 2. The van der Waals surface area contributed by atoms with Crippen LogP contribution >= 0.6 is 0 Å². The fourth-order valence-electron chi connectivity index (χ4n) is 2.39. The number of anilines is 2. The van der Waals surface area contributed by atoms with E-state index in [4.69, 9.17) is 9.47 Å². The molecule has 2 aromatic heterocycles. The van der Waals surface area contributed by atoms with Crippen molar-refractivity contribution in [3.63, 3.8) is 0 Å². The number of nitrogens with one attached hydrogen (secondary N) is 1. The summed E-state index contributed by atoms with van der Waals surface area (Å²) in [6, 6.07) is 8.07. The Morgan fingerprint density at radius 2 is 2.04 bits per heavy atom. The SMILES string of the molecule is CCOCCOCc1cccc(Nc2ncnc3c2cnn3C)c1. The molecule has 7 nitrogen and oxygen atoms in total. The van der Waals surface area contributed by atoms with E-state index in [1.54, 1.807) is 10.9 Å². The van der Waals surface area contributed by atoms with Crippen molar-refractivity contribution in [3.05, 3.63) is 42.4 Å². The molecule has 126 valence electrons. The molecule has 1 aromatic carbocycles. The van der Waals surface area contributed by atoms with Gasteiger partial charge in [0.05, 0.1) is 31.4 Å². The zero-order valence-electron chi connectivity index (χ0n) is 13.9. The lowest BCUT2D eigenvalue weighted by molar-refractivity contribution is 0.0453. The van der Waals surface area contributed by atoms with Crippen molar-refractivity contribution in [1.82, 2.24) is 19.7 Å². The summed E-state index contributed by atoms with van der Waals surface area (Å²) in [5.41, 5.74) is 2.83. The van der Waals surface area contributed by atoms with Gasteiger partial charge < -0.3 is 14.8 Å². The molecule has 0 aliphatic carbocycles. The standard InChI is InChI=1S/C17H21N5O2/c1-3-23-7-8-24-11-13-5-4-6-14(9-13)21-16-15-10-20-22(2)17(15)19-12-18-16/h4-6,9-10,12H,3,7-8,11H2,1-2H3,(H,18,19,21). The summed E-state index contributed by atoms with van der Waals surface area (Å²) in [7, 11) is 1.86. The Morgan fingerprint density at radius 3 is 2.92 bits per heavy atom. The molecule has 0 aliphatic rings. The molecule has 0 radical (unpaired) electrons. The van der Waals surface area contributed by atoms with Crippen LogP contribution in [-0.4, -0.2) is 39.6 Å². The van der Waals surface area contributed by atoms with Crippen molar-refractivity contribution in [3.8, 4) is 0 Å². The summed E-state index contributed by atoms with van der Waals surface area (Å²) in [5, 5.41) is 8.44. The van der Waals surface area contributed by atoms with E-state index in [1.165, 1.54) is 6.33 Å². The van der Waals surface area contributed by atoms with E-state index in [-0.39, 0.29) is 0 Å². The summed E-state index contributed by atoms with van der Waals surface area (Å²) < 4.78 is 12.6. The third-order valence-electron chi connectivity index (χ3n) is 3.56. The second-order valence-corrected chi connectivity index (χ2v) is 5.30. The summed E-state index contributed by atoms with van der Waals surface area (Å²) in [5.74, 6) is 0.738. The van der Waals surface area contributed by atoms with Crippen molar-refractivity contribution < 1.29 is 9.47 Å². The molecule has 0 aliphatic heterocycles. The van der Waals surface area contributed by atoms with E-state index >= 15 is 0 Å². The van der Waals surface area contributed by atoms with Crippen molar-refractivity contribution in [2.45, 2.75) is 13.5 Å². The monoisotopic (exact) mass is 327 g/mol. The van der Waals surface area contributed by atoms with Crippen LogP contribution in [0.1, 0.15) is 12.5 Å². The lowest BCUT2D eigenvalue weighted by Gasteiger charge is -2.09. The Kier molecular flexibility index (Phi) is 5.35. The van der Waals surface area contributed by atoms with E-state index < -0.39 is 0 Å². The predicted octanol–water partition coefficient (Wildman–Crippen LogP) is 2.66. The van der Waals surface area contributed by atoms with Gasteiger partial charge in [-0.15, -0.1) is 0 Å². The second kappa shape index (κ2) is 7.85. The Labute approximate surface area is 140 Å². The molecule has 3 rings (SSSR count). The van der Waals surface area contributed by atoms with Gasteiger partial charge in [-0.05, 0) is 24.6 Å². The van der Waals surface area contributed by atoms with Crippen LogP contribution < -0.4 is 5.32 Å². The number of benzene rings is 1. The minimum atomic E-state index is 0.550. The van der Waals surface area contributed by atoms with Gasteiger partial charge in [0.25, 0.3) is 0 Å². The third-order valence-corrected chi connectivity index (χ3v) is 3.56. The first kappa shape index (κ1) is 16.4. The highest BCUT2D eigenvalue weighted by molar-refractivity contribution is 5.88. The molecule has 0 saturated carbocycles. The van der Waals surface area contributed by atoms with Crippen molar-refractivity contribution in [2.75, 3.05) is 25.1 Å². The van der Waals surface area contributed by atoms with Gasteiger partial charge in [-0.25, -0.2) is 9.97 Å². The highest BCUT2D eigenvalue weighted by Crippen LogP contribution is 2.22. The molecular weight excluding hydrogens is 306 g/mol. The number of hydrogen-bond donors (Lipinski definition) is 1. The Morgan fingerprint density at radius 1 is 1.17 bits per heavy atom. The molecule has 0 spiro atoms. The van der Waals surface area contributed by atoms with Crippen molar-refractivity contribution in [2.24, 2.45) is 7.05 Å². The van der Waals surface area contributed by atoms with Crippen LogP contribution in [0.5, 0.6) is 0 Å². The molecule has 7 heteroatoms. The first-order valence-corrected chi connectivity index (χ1v) is 7.92. The van der Waals surface area contributed by atoms with Crippen LogP contribution in [0, 0.1) is 0 Å². The molecule has 24 heavy (non-hydrogen) atoms. The topological polar surface area (TPSA) is 74.1 Å². The maximum atomic E-state index is 5.61. The van der Waals surface area contributed by atoms with Gasteiger partial charge in [-0.3, -0.25) is 4.68 Å². The van der Waals surface area contributed by atoms with Crippen LogP contribution in [0.4, 0.5) is 11.5 Å². The minimum Gasteiger partial charge on any atom is -0.379 e. The quantitative estimate of drug-likeness (QED) is 0.641. The number of aromatic nitrogens is 4. The molecule has 0 bridgehead atoms. The van der Waals surface area contributed by atoms with Gasteiger partial charge in [0.1, 0.15) is 12.1 Å². The zero-order chi connectivity index (χ0) is 16.8. The molecule has 0 saturated heterocycles. The Bertz CT molecular complexity index is 803. The normalized spacial score (nSPS) is 11.1. The molecule has 0 unspecified atom stereocenters. The van der Waals surface area contributed by atoms with Gasteiger partial charge in [-0.2, -0.15) is 5.10 Å². The molecular formula is C17H21N5O2. The fourth-order valence-corrected chi connectivity index (χ4v) is 2.39. The fraction of sp³-hybridized carbons (Fsp3) is 0.353. The smallest absolute Gasteiger partial charge is 0.163 e. The summed E-state index contributed by atoms with van der Waals surface area (Å²) >= 11 is 0. The summed E-state index contributed by atoms with van der Waals surface area (Å²) in [6.07, 6.45) is 3.30. The molecule has 3 aromatic rings. The lowest BCUT2D eigenvalue weighted by atomic mass is 10.2. The average Bonchev–Trinajstić information content (AvgIpc) is 2.98. The van der Waals surface area contributed by atoms with Crippen LogP contribution in [0.2, 0.25) is 0 Å². The van der Waals surface area contributed by atoms with Gasteiger partial charge in [0.2, 0.25) is 0 Å². The molecule has 0 atom stereocenters. The molecule has 2 heterocycles. The average molecular weight is 327 g/mol. The summed E-state index contributed by atoms with van der Waals surface area (Å²) in [4.78, 5) is 8.56. The van der Waals surface area contributed by atoms with Crippen LogP contribution in [0.3, 0.4) is 0 Å². The lowest BCUT2D eigenvalue weighted by Crippen LogP contribution is -2.04. The summed E-state index contributed by atoms with van der Waals surface area (Å²) in [6.45, 7) is 4.45. The second-order valence-electron chi connectivity index (χ2n) is 5.30. The van der Waals surface area contributed by atoms with Crippen molar-refractivity contribution in [1.29, 1.82) is 0 Å². The maximum absolute atomic E-state index is 5.61. The number of nitrogens with zero attached hydrogens (tertiary/aromatic N) is 4. The number of fused-ring (bicyclic) bond motifs is 1.